The van der Waals surface area contributed by atoms with Gasteiger partial charge in [-0.3, -0.25) is 9.69 Å². The van der Waals surface area contributed by atoms with Crippen LogP contribution in [0.5, 0.6) is 0 Å². The van der Waals surface area contributed by atoms with Gasteiger partial charge in [0, 0.05) is 6.08 Å². The lowest BCUT2D eigenvalue weighted by atomic mass is 10.1. The molecule has 1 aliphatic carbocycles. The first-order chi connectivity index (χ1) is 10.6. The van der Waals surface area contributed by atoms with Crippen LogP contribution in [0.4, 0.5) is 10.1 Å². The van der Waals surface area contributed by atoms with Gasteiger partial charge in [0.1, 0.15) is 11.6 Å². The van der Waals surface area contributed by atoms with Gasteiger partial charge in [-0.25, -0.2) is 4.39 Å². The van der Waals surface area contributed by atoms with Crippen molar-refractivity contribution in [3.63, 3.8) is 0 Å². The van der Waals surface area contributed by atoms with Gasteiger partial charge in [-0.1, -0.05) is 17.7 Å². The maximum Gasteiger partial charge on any atom is 0.251 e. The quantitative estimate of drug-likeness (QED) is 0.771. The predicted molar refractivity (Wildman–Crippen MR) is 82.8 cm³/mol. The molecule has 1 aliphatic rings. The second kappa shape index (κ2) is 6.18. The number of carbonyl (C=O) groups excluding carboxylic acids is 1. The highest BCUT2D eigenvalue weighted by Gasteiger charge is 2.25. The lowest BCUT2D eigenvalue weighted by Crippen LogP contribution is -2.29. The summed E-state index contributed by atoms with van der Waals surface area (Å²) in [7, 11) is 0. The third-order valence-electron chi connectivity index (χ3n) is 3.88. The number of rotatable bonds is 5. The molecule has 0 N–H and O–H groups in total. The number of halogens is 1. The molecule has 1 aromatic carbocycles. The summed E-state index contributed by atoms with van der Waals surface area (Å²) in [5, 5.41) is 0. The van der Waals surface area contributed by atoms with E-state index in [9.17, 15) is 9.18 Å². The minimum Gasteiger partial charge on any atom is -0.467 e. The molecule has 0 saturated heterocycles. The van der Waals surface area contributed by atoms with Crippen molar-refractivity contribution >= 4 is 11.6 Å². The topological polar surface area (TPSA) is 33.5 Å². The average Bonchev–Trinajstić information content (AvgIpc) is 3.23. The zero-order chi connectivity index (χ0) is 15.5. The molecule has 1 fully saturated rings. The van der Waals surface area contributed by atoms with Gasteiger partial charge in [-0.2, -0.15) is 0 Å². The molecular weight excluding hydrogens is 281 g/mol. The van der Waals surface area contributed by atoms with E-state index in [4.69, 9.17) is 4.42 Å². The van der Waals surface area contributed by atoms with Crippen molar-refractivity contribution < 1.29 is 13.6 Å². The second-order valence-corrected chi connectivity index (χ2v) is 5.62. The van der Waals surface area contributed by atoms with E-state index in [1.165, 1.54) is 11.0 Å². The second-order valence-electron chi connectivity index (χ2n) is 5.62. The molecule has 0 atom stereocenters. The first-order valence-corrected chi connectivity index (χ1v) is 7.42. The molecule has 0 spiro atoms. The van der Waals surface area contributed by atoms with Crippen molar-refractivity contribution in [1.82, 2.24) is 0 Å². The smallest absolute Gasteiger partial charge is 0.251 e. The van der Waals surface area contributed by atoms with Crippen LogP contribution in [-0.4, -0.2) is 5.91 Å². The fourth-order valence-electron chi connectivity index (χ4n) is 2.44. The summed E-state index contributed by atoms with van der Waals surface area (Å²) in [6.45, 7) is 2.17. The normalized spacial score (nSPS) is 14.9. The molecule has 22 heavy (non-hydrogen) atoms. The van der Waals surface area contributed by atoms with E-state index in [0.717, 1.165) is 18.4 Å². The molecule has 3 nitrogen and oxygen atoms in total. The summed E-state index contributed by atoms with van der Waals surface area (Å²) >= 11 is 0. The molecule has 0 aliphatic heterocycles. The molecule has 0 bridgehead atoms. The van der Waals surface area contributed by atoms with E-state index in [1.807, 2.05) is 6.92 Å². The highest BCUT2D eigenvalue weighted by molar-refractivity contribution is 6.01. The van der Waals surface area contributed by atoms with Crippen LogP contribution in [0.2, 0.25) is 0 Å². The molecule has 1 heterocycles. The predicted octanol–water partition coefficient (Wildman–Crippen LogP) is 4.31. The summed E-state index contributed by atoms with van der Waals surface area (Å²) in [6, 6.07) is 9.83. The molecule has 0 unspecified atom stereocenters. The van der Waals surface area contributed by atoms with Crippen LogP contribution < -0.4 is 4.90 Å². The van der Waals surface area contributed by atoms with Gasteiger partial charge in [-0.15, -0.1) is 0 Å². The molecular formula is C18H18FNO2. The molecule has 4 heteroatoms. The molecule has 2 aromatic rings. The molecule has 114 valence electrons. The summed E-state index contributed by atoms with van der Waals surface area (Å²) in [4.78, 5) is 14.0. The number of benzene rings is 1. The van der Waals surface area contributed by atoms with E-state index >= 15 is 0 Å². The highest BCUT2D eigenvalue weighted by Crippen LogP contribution is 2.36. The molecule has 1 saturated carbocycles. The Kier molecular flexibility index (Phi) is 4.09. The van der Waals surface area contributed by atoms with Crippen LogP contribution in [0.15, 0.2) is 58.7 Å². The third kappa shape index (κ3) is 3.27. The van der Waals surface area contributed by atoms with E-state index < -0.39 is 5.82 Å². The fraction of sp³-hybridized carbons (Fsp3) is 0.278. The first-order valence-electron chi connectivity index (χ1n) is 7.42. The summed E-state index contributed by atoms with van der Waals surface area (Å²) in [5.74, 6) is 0.495. The van der Waals surface area contributed by atoms with Gasteiger partial charge in [0.05, 0.1) is 18.5 Å². The van der Waals surface area contributed by atoms with Gasteiger partial charge in [0.2, 0.25) is 0 Å². The maximum atomic E-state index is 14.1. The Labute approximate surface area is 129 Å². The summed E-state index contributed by atoms with van der Waals surface area (Å²) < 4.78 is 19.4. The standard InChI is InChI=1S/C18H18FNO2/c1-13(14-8-9-14)11-18(21)20(12-15-5-4-10-22-15)17-7-3-2-6-16(17)19/h2-7,10-11,14H,8-9,12H2,1H3/b13-11-. The Morgan fingerprint density at radius 2 is 2.09 bits per heavy atom. The van der Waals surface area contributed by atoms with Crippen LogP contribution in [0.1, 0.15) is 25.5 Å². The molecule has 3 rings (SSSR count). The lowest BCUT2D eigenvalue weighted by molar-refractivity contribution is -0.114. The Morgan fingerprint density at radius 1 is 1.32 bits per heavy atom. The Hall–Kier alpha value is -2.36. The third-order valence-corrected chi connectivity index (χ3v) is 3.88. The number of carbonyl (C=O) groups is 1. The molecule has 1 aromatic heterocycles. The Morgan fingerprint density at radius 3 is 2.73 bits per heavy atom. The van der Waals surface area contributed by atoms with Gasteiger partial charge in [-0.05, 0) is 49.9 Å². The average molecular weight is 299 g/mol. The number of anilines is 1. The van der Waals surface area contributed by atoms with Crippen molar-refractivity contribution in [2.24, 2.45) is 5.92 Å². The number of furan rings is 1. The van der Waals surface area contributed by atoms with Crippen LogP contribution in [0, 0.1) is 11.7 Å². The largest absolute Gasteiger partial charge is 0.467 e. The van der Waals surface area contributed by atoms with Crippen molar-refractivity contribution in [3.8, 4) is 0 Å². The number of para-hydroxylation sites is 1. The zero-order valence-electron chi connectivity index (χ0n) is 12.5. The number of hydrogen-bond donors (Lipinski definition) is 0. The van der Waals surface area contributed by atoms with Crippen LogP contribution in [-0.2, 0) is 11.3 Å². The van der Waals surface area contributed by atoms with Gasteiger partial charge < -0.3 is 4.42 Å². The van der Waals surface area contributed by atoms with Crippen molar-refractivity contribution in [1.29, 1.82) is 0 Å². The van der Waals surface area contributed by atoms with Crippen molar-refractivity contribution in [3.05, 3.63) is 65.9 Å². The Balaban J connectivity index is 1.90. The van der Waals surface area contributed by atoms with E-state index in [0.29, 0.717) is 11.7 Å². The monoisotopic (exact) mass is 299 g/mol. The highest BCUT2D eigenvalue weighted by atomic mass is 19.1. The minimum absolute atomic E-state index is 0.210. The summed E-state index contributed by atoms with van der Waals surface area (Å²) in [5.41, 5.74) is 1.33. The van der Waals surface area contributed by atoms with Crippen LogP contribution >= 0.6 is 0 Å². The first kappa shape index (κ1) is 14.6. The number of nitrogens with zero attached hydrogens (tertiary/aromatic N) is 1. The molecule has 1 amide bonds. The maximum absolute atomic E-state index is 14.1. The van der Waals surface area contributed by atoms with Crippen molar-refractivity contribution in [2.75, 3.05) is 4.90 Å². The van der Waals surface area contributed by atoms with Gasteiger partial charge in [0.15, 0.2) is 0 Å². The van der Waals surface area contributed by atoms with E-state index in [1.54, 1.807) is 42.7 Å². The minimum atomic E-state index is -0.417. The fourth-order valence-corrected chi connectivity index (χ4v) is 2.44. The SMILES string of the molecule is C/C(=C/C(=O)N(Cc1ccco1)c1ccccc1F)C1CC1. The number of hydrogen-bond acceptors (Lipinski definition) is 2. The van der Waals surface area contributed by atoms with Gasteiger partial charge >= 0.3 is 0 Å². The van der Waals surface area contributed by atoms with Gasteiger partial charge in [0.25, 0.3) is 5.91 Å². The van der Waals surface area contributed by atoms with Crippen LogP contribution in [0.25, 0.3) is 0 Å². The van der Waals surface area contributed by atoms with Crippen LogP contribution in [0.3, 0.4) is 0 Å². The van der Waals surface area contributed by atoms with E-state index in [-0.39, 0.29) is 18.1 Å². The molecule has 0 radical (unpaired) electrons. The summed E-state index contributed by atoms with van der Waals surface area (Å²) in [6.07, 6.45) is 5.43. The number of amides is 1. The van der Waals surface area contributed by atoms with E-state index in [2.05, 4.69) is 0 Å². The lowest BCUT2D eigenvalue weighted by Gasteiger charge is -2.21. The number of allylic oxidation sites excluding steroid dienone is 1. The van der Waals surface area contributed by atoms with Crippen molar-refractivity contribution in [2.45, 2.75) is 26.3 Å². The Bertz CT molecular complexity index is 687. The zero-order valence-corrected chi connectivity index (χ0v) is 12.5.